The van der Waals surface area contributed by atoms with Crippen LogP contribution in [0.5, 0.6) is 0 Å². The van der Waals surface area contributed by atoms with E-state index in [2.05, 4.69) is 24.4 Å². The Hall–Kier alpha value is -1.70. The average Bonchev–Trinajstić information content (AvgIpc) is 3.36. The number of thiophene rings is 1. The highest BCUT2D eigenvalue weighted by Gasteiger charge is 2.28. The summed E-state index contributed by atoms with van der Waals surface area (Å²) in [6.45, 7) is 3.37. The molecule has 1 fully saturated rings. The van der Waals surface area contributed by atoms with Gasteiger partial charge in [-0.2, -0.15) is 4.31 Å². The van der Waals surface area contributed by atoms with E-state index in [4.69, 9.17) is 0 Å². The molecule has 0 unspecified atom stereocenters. The summed E-state index contributed by atoms with van der Waals surface area (Å²) in [5, 5.41) is 2.90. The molecule has 1 saturated heterocycles. The van der Waals surface area contributed by atoms with Crippen LogP contribution in [0.3, 0.4) is 0 Å². The molecule has 5 nitrogen and oxygen atoms in total. The monoisotopic (exact) mass is 420 g/mol. The maximum atomic E-state index is 12.6. The lowest BCUT2D eigenvalue weighted by atomic mass is 10.1. The second-order valence-electron chi connectivity index (χ2n) is 7.21. The fourth-order valence-electron chi connectivity index (χ4n) is 3.34. The molecule has 2 heterocycles. The van der Waals surface area contributed by atoms with Crippen molar-refractivity contribution in [1.82, 2.24) is 4.31 Å². The second-order valence-corrected chi connectivity index (χ2v) is 10.5. The number of carbonyl (C=O) groups is 1. The highest BCUT2D eigenvalue weighted by molar-refractivity contribution is 7.91. The predicted octanol–water partition coefficient (Wildman–Crippen LogP) is 4.45. The number of nitrogens with zero attached hydrogens (tertiary/aromatic N) is 1. The van der Waals surface area contributed by atoms with Crippen molar-refractivity contribution < 1.29 is 13.2 Å². The van der Waals surface area contributed by atoms with Crippen LogP contribution in [0.15, 0.2) is 40.6 Å². The first kappa shape index (κ1) is 21.0. The van der Waals surface area contributed by atoms with Crippen LogP contribution >= 0.6 is 11.3 Å². The fourth-order valence-corrected chi connectivity index (χ4v) is 6.37. The Morgan fingerprint density at radius 1 is 1.07 bits per heavy atom. The van der Waals surface area contributed by atoms with E-state index in [1.54, 1.807) is 12.1 Å². The Bertz CT molecular complexity index is 883. The third kappa shape index (κ3) is 5.43. The minimum absolute atomic E-state index is 0.134. The Morgan fingerprint density at radius 2 is 1.79 bits per heavy atom. The van der Waals surface area contributed by atoms with Crippen LogP contribution < -0.4 is 5.32 Å². The number of unbranched alkanes of at least 4 members (excludes halogenated alkanes) is 2. The molecular formula is C21H28N2O3S2. The van der Waals surface area contributed by atoms with Crippen molar-refractivity contribution in [2.75, 3.05) is 18.4 Å². The zero-order valence-electron chi connectivity index (χ0n) is 16.3. The number of amides is 1. The molecule has 0 bridgehead atoms. The summed E-state index contributed by atoms with van der Waals surface area (Å²) in [6, 6.07) is 11.3. The minimum atomic E-state index is -3.41. The standard InChI is InChI=1S/C21H28N2O3S2/c1-2-3-4-7-17-8-10-18(11-9-17)22-20(24)16-19-12-13-21(27-19)28(25,26)23-14-5-6-15-23/h8-13H,2-7,14-16H2,1H3,(H,22,24). The summed E-state index contributed by atoms with van der Waals surface area (Å²) < 4.78 is 27.0. The lowest BCUT2D eigenvalue weighted by Gasteiger charge is -2.13. The van der Waals surface area contributed by atoms with Crippen molar-refractivity contribution >= 4 is 33.0 Å². The second kappa shape index (κ2) is 9.67. The molecule has 1 aromatic carbocycles. The molecule has 0 radical (unpaired) electrons. The van der Waals surface area contributed by atoms with Crippen LogP contribution in [0.25, 0.3) is 0 Å². The van der Waals surface area contributed by atoms with Crippen LogP contribution in [0, 0.1) is 0 Å². The molecule has 2 aromatic rings. The third-order valence-corrected chi connectivity index (χ3v) is 8.39. The van der Waals surface area contributed by atoms with Crippen LogP contribution in [-0.2, 0) is 27.7 Å². The average molecular weight is 421 g/mol. The number of carbonyl (C=O) groups excluding carboxylic acids is 1. The van der Waals surface area contributed by atoms with Gasteiger partial charge in [-0.3, -0.25) is 4.79 Å². The number of benzene rings is 1. The molecule has 0 aliphatic carbocycles. The molecule has 7 heteroatoms. The zero-order chi connectivity index (χ0) is 20.0. The molecule has 3 rings (SSSR count). The van der Waals surface area contributed by atoms with Crippen molar-refractivity contribution in [3.8, 4) is 0 Å². The van der Waals surface area contributed by atoms with E-state index < -0.39 is 10.0 Å². The van der Waals surface area contributed by atoms with Gasteiger partial charge in [-0.25, -0.2) is 8.42 Å². The van der Waals surface area contributed by atoms with Crippen LogP contribution in [0.1, 0.15) is 49.5 Å². The van der Waals surface area contributed by atoms with Gasteiger partial charge in [0.15, 0.2) is 0 Å². The number of sulfonamides is 1. The number of nitrogens with one attached hydrogen (secondary N) is 1. The largest absolute Gasteiger partial charge is 0.326 e. The van der Waals surface area contributed by atoms with E-state index in [0.717, 1.165) is 29.8 Å². The van der Waals surface area contributed by atoms with E-state index >= 15 is 0 Å². The summed E-state index contributed by atoms with van der Waals surface area (Å²) in [5.74, 6) is -0.134. The summed E-state index contributed by atoms with van der Waals surface area (Å²) in [5.41, 5.74) is 2.05. The van der Waals surface area contributed by atoms with E-state index in [9.17, 15) is 13.2 Å². The Balaban J connectivity index is 1.54. The van der Waals surface area contributed by atoms with Gasteiger partial charge >= 0.3 is 0 Å². The first-order valence-electron chi connectivity index (χ1n) is 9.96. The number of anilines is 1. The molecule has 1 aliphatic heterocycles. The van der Waals surface area contributed by atoms with E-state index in [1.165, 1.54) is 40.5 Å². The Morgan fingerprint density at radius 3 is 2.46 bits per heavy atom. The van der Waals surface area contributed by atoms with E-state index in [1.807, 2.05) is 12.1 Å². The lowest BCUT2D eigenvalue weighted by molar-refractivity contribution is -0.115. The highest BCUT2D eigenvalue weighted by Crippen LogP contribution is 2.27. The Labute approximate surface area is 171 Å². The van der Waals surface area contributed by atoms with Gasteiger partial charge in [-0.1, -0.05) is 31.9 Å². The molecule has 0 atom stereocenters. The van der Waals surface area contributed by atoms with Crippen molar-refractivity contribution in [3.05, 3.63) is 46.8 Å². The highest BCUT2D eigenvalue weighted by atomic mass is 32.2. The van der Waals surface area contributed by atoms with Gasteiger partial charge < -0.3 is 5.32 Å². The first-order chi connectivity index (χ1) is 13.5. The molecule has 0 spiro atoms. The lowest BCUT2D eigenvalue weighted by Crippen LogP contribution is -2.27. The number of aryl methyl sites for hydroxylation is 1. The van der Waals surface area contributed by atoms with Crippen LogP contribution in [-0.4, -0.2) is 31.7 Å². The Kier molecular flexibility index (Phi) is 7.26. The van der Waals surface area contributed by atoms with Gasteiger partial charge in [0.1, 0.15) is 4.21 Å². The third-order valence-electron chi connectivity index (χ3n) is 4.94. The quantitative estimate of drug-likeness (QED) is 0.610. The molecule has 1 aromatic heterocycles. The summed E-state index contributed by atoms with van der Waals surface area (Å²) in [4.78, 5) is 13.1. The number of hydrogen-bond donors (Lipinski definition) is 1. The molecule has 1 amide bonds. The maximum absolute atomic E-state index is 12.6. The number of hydrogen-bond acceptors (Lipinski definition) is 4. The fraction of sp³-hybridized carbons (Fsp3) is 0.476. The normalized spacial score (nSPS) is 15.0. The van der Waals surface area contributed by atoms with Gasteiger partial charge in [0.05, 0.1) is 6.42 Å². The molecule has 152 valence electrons. The summed E-state index contributed by atoms with van der Waals surface area (Å²) in [7, 11) is -3.41. The van der Waals surface area contributed by atoms with Crippen molar-refractivity contribution in [1.29, 1.82) is 0 Å². The van der Waals surface area contributed by atoms with Crippen molar-refractivity contribution in [2.24, 2.45) is 0 Å². The smallest absolute Gasteiger partial charge is 0.252 e. The van der Waals surface area contributed by atoms with Gasteiger partial charge in [-0.15, -0.1) is 11.3 Å². The molecule has 0 saturated carbocycles. The van der Waals surface area contributed by atoms with E-state index in [0.29, 0.717) is 17.3 Å². The molecule has 1 N–H and O–H groups in total. The van der Waals surface area contributed by atoms with E-state index in [-0.39, 0.29) is 12.3 Å². The predicted molar refractivity (Wildman–Crippen MR) is 114 cm³/mol. The topological polar surface area (TPSA) is 66.5 Å². The van der Waals surface area contributed by atoms with Crippen LogP contribution in [0.4, 0.5) is 5.69 Å². The molecular weight excluding hydrogens is 392 g/mol. The van der Waals surface area contributed by atoms with Crippen LogP contribution in [0.2, 0.25) is 0 Å². The van der Waals surface area contributed by atoms with Gasteiger partial charge in [-0.05, 0) is 55.5 Å². The molecule has 1 aliphatic rings. The maximum Gasteiger partial charge on any atom is 0.252 e. The summed E-state index contributed by atoms with van der Waals surface area (Å²) >= 11 is 1.19. The summed E-state index contributed by atoms with van der Waals surface area (Å²) in [6.07, 6.45) is 6.69. The van der Waals surface area contributed by atoms with Gasteiger partial charge in [0.25, 0.3) is 10.0 Å². The zero-order valence-corrected chi connectivity index (χ0v) is 17.9. The molecule has 28 heavy (non-hydrogen) atoms. The minimum Gasteiger partial charge on any atom is -0.326 e. The number of rotatable bonds is 9. The first-order valence-corrected chi connectivity index (χ1v) is 12.2. The van der Waals surface area contributed by atoms with Gasteiger partial charge in [0, 0.05) is 23.7 Å². The SMILES string of the molecule is CCCCCc1ccc(NC(=O)Cc2ccc(S(=O)(=O)N3CCCC3)s2)cc1. The van der Waals surface area contributed by atoms with Crippen molar-refractivity contribution in [2.45, 2.75) is 56.1 Å². The van der Waals surface area contributed by atoms with Crippen molar-refractivity contribution in [3.63, 3.8) is 0 Å². The van der Waals surface area contributed by atoms with Gasteiger partial charge in [0.2, 0.25) is 5.91 Å².